The third-order valence-corrected chi connectivity index (χ3v) is 4.01. The monoisotopic (exact) mass is 260 g/mol. The molecule has 3 unspecified atom stereocenters. The van der Waals surface area contributed by atoms with E-state index in [1.165, 1.54) is 12.3 Å². The lowest BCUT2D eigenvalue weighted by Gasteiger charge is -2.20. The first-order valence-corrected chi connectivity index (χ1v) is 6.34. The zero-order valence-electron chi connectivity index (χ0n) is 11.0. The molecule has 0 aromatic carbocycles. The van der Waals surface area contributed by atoms with Crippen molar-refractivity contribution in [3.63, 3.8) is 0 Å². The van der Waals surface area contributed by atoms with Gasteiger partial charge in [0.05, 0.1) is 4.92 Å². The van der Waals surface area contributed by atoms with Gasteiger partial charge in [0.15, 0.2) is 0 Å². The van der Waals surface area contributed by atoms with E-state index >= 15 is 0 Å². The highest BCUT2D eigenvalue weighted by molar-refractivity contribution is 5.64. The molecule has 0 spiro atoms. The summed E-state index contributed by atoms with van der Waals surface area (Å²) < 4.78 is 0. The third kappa shape index (κ3) is 2.50. The Morgan fingerprint density at radius 2 is 2.26 bits per heavy atom. The van der Waals surface area contributed by atoms with E-state index in [1.54, 1.807) is 0 Å². The number of hydrogen-bond acceptors (Lipinski definition) is 5. The fourth-order valence-corrected chi connectivity index (χ4v) is 2.58. The maximum absolute atomic E-state index is 11.1. The number of hydrogen-bond donors (Lipinski definition) is 1. The van der Waals surface area contributed by atoms with Crippen LogP contribution in [0.1, 0.15) is 32.3 Å². The number of nitrogens with one attached hydrogen (secondary N) is 1. The predicted molar refractivity (Wildman–Crippen MR) is 70.6 cm³/mol. The molecular formula is C13H16N4O2. The summed E-state index contributed by atoms with van der Waals surface area (Å²) in [5, 5.41) is 23.2. The minimum Gasteiger partial charge on any atom is -0.361 e. The number of aromatic nitrogens is 1. The van der Waals surface area contributed by atoms with Crippen molar-refractivity contribution in [2.24, 2.45) is 11.8 Å². The second-order valence-electron chi connectivity index (χ2n) is 5.09. The molecule has 19 heavy (non-hydrogen) atoms. The summed E-state index contributed by atoms with van der Waals surface area (Å²) in [6.07, 6.45) is 3.50. The molecule has 0 radical (unpaired) electrons. The van der Waals surface area contributed by atoms with Crippen LogP contribution in [0.4, 0.5) is 11.5 Å². The second-order valence-corrected chi connectivity index (χ2v) is 5.09. The lowest BCUT2D eigenvalue weighted by molar-refractivity contribution is -0.384. The maximum atomic E-state index is 11.1. The highest BCUT2D eigenvalue weighted by Gasteiger charge is 2.32. The molecule has 0 saturated heterocycles. The van der Waals surface area contributed by atoms with Crippen molar-refractivity contribution in [2.45, 2.75) is 32.7 Å². The molecule has 1 saturated carbocycles. The molecule has 1 heterocycles. The number of nitrogens with zero attached hydrogens (tertiary/aromatic N) is 3. The van der Waals surface area contributed by atoms with Crippen LogP contribution in [-0.2, 0) is 0 Å². The predicted octanol–water partition coefficient (Wildman–Crippen LogP) is 2.71. The van der Waals surface area contributed by atoms with Gasteiger partial charge in [0.2, 0.25) is 5.82 Å². The van der Waals surface area contributed by atoms with Crippen LogP contribution in [-0.4, -0.2) is 15.9 Å². The Morgan fingerprint density at radius 3 is 2.79 bits per heavy atom. The van der Waals surface area contributed by atoms with Crippen LogP contribution in [0.2, 0.25) is 0 Å². The van der Waals surface area contributed by atoms with E-state index in [9.17, 15) is 10.1 Å². The molecule has 1 aliphatic rings. The Morgan fingerprint density at radius 1 is 1.53 bits per heavy atom. The van der Waals surface area contributed by atoms with Gasteiger partial charge >= 0.3 is 5.69 Å². The lowest BCUT2D eigenvalue weighted by atomic mass is 9.98. The Kier molecular flexibility index (Phi) is 3.65. The van der Waals surface area contributed by atoms with Crippen molar-refractivity contribution < 1.29 is 4.92 Å². The van der Waals surface area contributed by atoms with Crippen LogP contribution in [0.3, 0.4) is 0 Å². The number of pyridine rings is 1. The van der Waals surface area contributed by atoms with Crippen molar-refractivity contribution in [3.8, 4) is 6.07 Å². The van der Waals surface area contributed by atoms with E-state index in [2.05, 4.69) is 24.1 Å². The standard InChI is InChI=1S/C13H16N4O2/c1-8-3-4-11(9(8)2)16-13-12(17(18)19)10(7-14)5-6-15-13/h5-6,8-9,11H,3-4H2,1-2H3,(H,15,16). The van der Waals surface area contributed by atoms with Crippen molar-refractivity contribution in [2.75, 3.05) is 5.32 Å². The van der Waals surface area contributed by atoms with Gasteiger partial charge in [-0.05, 0) is 30.7 Å². The van der Waals surface area contributed by atoms with Gasteiger partial charge < -0.3 is 5.32 Å². The Balaban J connectivity index is 2.31. The average molecular weight is 260 g/mol. The smallest absolute Gasteiger partial charge is 0.328 e. The minimum atomic E-state index is -0.545. The quantitative estimate of drug-likeness (QED) is 0.666. The summed E-state index contributed by atoms with van der Waals surface area (Å²) in [6, 6.07) is 3.38. The molecule has 1 aliphatic carbocycles. The Labute approximate surface area is 111 Å². The van der Waals surface area contributed by atoms with Gasteiger partial charge in [-0.2, -0.15) is 5.26 Å². The Bertz CT molecular complexity index is 538. The highest BCUT2D eigenvalue weighted by Crippen LogP contribution is 2.35. The summed E-state index contributed by atoms with van der Waals surface area (Å²) >= 11 is 0. The van der Waals surface area contributed by atoms with Crippen LogP contribution in [0.15, 0.2) is 12.3 Å². The van der Waals surface area contributed by atoms with E-state index in [-0.39, 0.29) is 23.1 Å². The normalized spacial score (nSPS) is 25.8. The van der Waals surface area contributed by atoms with E-state index < -0.39 is 4.92 Å². The number of nitro groups is 1. The molecule has 2 rings (SSSR count). The van der Waals surface area contributed by atoms with E-state index in [1.807, 2.05) is 6.07 Å². The molecule has 100 valence electrons. The van der Waals surface area contributed by atoms with Gasteiger partial charge in [0.1, 0.15) is 11.6 Å². The van der Waals surface area contributed by atoms with Crippen LogP contribution in [0.25, 0.3) is 0 Å². The molecule has 1 fully saturated rings. The molecule has 1 N–H and O–H groups in total. The summed E-state index contributed by atoms with van der Waals surface area (Å²) in [7, 11) is 0. The van der Waals surface area contributed by atoms with Gasteiger partial charge in [-0.3, -0.25) is 10.1 Å². The molecule has 1 aromatic heterocycles. The fraction of sp³-hybridized carbons (Fsp3) is 0.538. The van der Waals surface area contributed by atoms with Gasteiger partial charge in [-0.15, -0.1) is 0 Å². The topological polar surface area (TPSA) is 91.8 Å². The van der Waals surface area contributed by atoms with Crippen molar-refractivity contribution >= 4 is 11.5 Å². The fourth-order valence-electron chi connectivity index (χ4n) is 2.58. The van der Waals surface area contributed by atoms with Gasteiger partial charge in [0, 0.05) is 12.2 Å². The summed E-state index contributed by atoms with van der Waals surface area (Å²) in [6.45, 7) is 4.31. The van der Waals surface area contributed by atoms with Crippen molar-refractivity contribution in [1.29, 1.82) is 5.26 Å². The van der Waals surface area contributed by atoms with Crippen LogP contribution >= 0.6 is 0 Å². The van der Waals surface area contributed by atoms with Gasteiger partial charge in [-0.25, -0.2) is 4.98 Å². The van der Waals surface area contributed by atoms with E-state index in [0.29, 0.717) is 11.8 Å². The number of rotatable bonds is 3. The van der Waals surface area contributed by atoms with Crippen molar-refractivity contribution in [1.82, 2.24) is 4.98 Å². The zero-order valence-corrected chi connectivity index (χ0v) is 11.0. The molecule has 0 aliphatic heterocycles. The van der Waals surface area contributed by atoms with E-state index in [4.69, 9.17) is 5.26 Å². The first-order valence-electron chi connectivity index (χ1n) is 6.34. The molecule has 1 aromatic rings. The third-order valence-electron chi connectivity index (χ3n) is 4.01. The Hall–Kier alpha value is -2.16. The average Bonchev–Trinajstić information content (AvgIpc) is 2.70. The van der Waals surface area contributed by atoms with E-state index in [0.717, 1.165) is 12.8 Å². The second kappa shape index (κ2) is 5.22. The lowest BCUT2D eigenvalue weighted by Crippen LogP contribution is -2.25. The first kappa shape index (κ1) is 13.3. The van der Waals surface area contributed by atoms with Gasteiger partial charge in [-0.1, -0.05) is 13.8 Å². The largest absolute Gasteiger partial charge is 0.361 e. The molecule has 0 amide bonds. The highest BCUT2D eigenvalue weighted by atomic mass is 16.6. The van der Waals surface area contributed by atoms with Gasteiger partial charge in [0.25, 0.3) is 0 Å². The number of nitriles is 1. The molecule has 3 atom stereocenters. The number of anilines is 1. The molecule has 0 bridgehead atoms. The minimum absolute atomic E-state index is 0.0428. The maximum Gasteiger partial charge on any atom is 0.328 e. The SMILES string of the molecule is CC1CCC(Nc2nccc(C#N)c2[N+](=O)[O-])C1C. The van der Waals surface area contributed by atoms with Crippen molar-refractivity contribution in [3.05, 3.63) is 27.9 Å². The van der Waals surface area contributed by atoms with Crippen LogP contribution in [0.5, 0.6) is 0 Å². The molecule has 6 nitrogen and oxygen atoms in total. The zero-order chi connectivity index (χ0) is 14.0. The molecule has 6 heteroatoms. The summed E-state index contributed by atoms with van der Waals surface area (Å²) in [5.74, 6) is 1.23. The summed E-state index contributed by atoms with van der Waals surface area (Å²) in [4.78, 5) is 14.6. The summed E-state index contributed by atoms with van der Waals surface area (Å²) in [5.41, 5.74) is -0.182. The van der Waals surface area contributed by atoms with Crippen LogP contribution in [0, 0.1) is 33.3 Å². The molecular weight excluding hydrogens is 244 g/mol. The van der Waals surface area contributed by atoms with Crippen LogP contribution < -0.4 is 5.32 Å². The first-order chi connectivity index (χ1) is 9.04.